The van der Waals surface area contributed by atoms with Crippen molar-refractivity contribution in [3.63, 3.8) is 0 Å². The number of ketones is 1. The molecule has 0 unspecified atom stereocenters. The highest BCUT2D eigenvalue weighted by molar-refractivity contribution is 6.05. The summed E-state index contributed by atoms with van der Waals surface area (Å²) in [7, 11) is 0. The Morgan fingerprint density at radius 2 is 1.64 bits per heavy atom. The SMILES string of the molecule is CC(C)(C)C(=O)/C=C/c1cn(C(C)(C)C)c(=O)nc1NC(=O)c1ccccc1. The Balaban J connectivity index is 2.50. The number of aromatic nitrogens is 2. The van der Waals surface area contributed by atoms with E-state index < -0.39 is 16.6 Å². The lowest BCUT2D eigenvalue weighted by Gasteiger charge is -2.23. The molecule has 1 aromatic carbocycles. The van der Waals surface area contributed by atoms with Crippen LogP contribution in [0.15, 0.2) is 47.4 Å². The predicted molar refractivity (Wildman–Crippen MR) is 111 cm³/mol. The minimum absolute atomic E-state index is 0.0682. The highest BCUT2D eigenvalue weighted by Crippen LogP contribution is 2.20. The van der Waals surface area contributed by atoms with Gasteiger partial charge >= 0.3 is 5.69 Å². The third-order valence-electron chi connectivity index (χ3n) is 4.10. The van der Waals surface area contributed by atoms with Crippen LogP contribution in [0.25, 0.3) is 6.08 Å². The summed E-state index contributed by atoms with van der Waals surface area (Å²) < 4.78 is 1.48. The summed E-state index contributed by atoms with van der Waals surface area (Å²) in [6, 6.07) is 8.66. The van der Waals surface area contributed by atoms with Gasteiger partial charge < -0.3 is 5.32 Å². The lowest BCUT2D eigenvalue weighted by Crippen LogP contribution is -2.36. The van der Waals surface area contributed by atoms with Crippen molar-refractivity contribution in [2.45, 2.75) is 47.1 Å². The number of carbonyl (C=O) groups excluding carboxylic acids is 2. The fourth-order valence-electron chi connectivity index (χ4n) is 2.36. The number of benzene rings is 1. The quantitative estimate of drug-likeness (QED) is 0.815. The second-order valence-corrected chi connectivity index (χ2v) is 8.64. The molecule has 1 N–H and O–H groups in total. The lowest BCUT2D eigenvalue weighted by molar-refractivity contribution is -0.121. The third kappa shape index (κ3) is 5.25. The van der Waals surface area contributed by atoms with Crippen molar-refractivity contribution in [2.24, 2.45) is 5.41 Å². The van der Waals surface area contributed by atoms with Crippen molar-refractivity contribution in [2.75, 3.05) is 5.32 Å². The topological polar surface area (TPSA) is 81.1 Å². The van der Waals surface area contributed by atoms with Crippen molar-refractivity contribution in [3.8, 4) is 0 Å². The van der Waals surface area contributed by atoms with Crippen LogP contribution in [0.3, 0.4) is 0 Å². The number of anilines is 1. The van der Waals surface area contributed by atoms with Crippen LogP contribution < -0.4 is 11.0 Å². The molecule has 0 aliphatic carbocycles. The van der Waals surface area contributed by atoms with Crippen LogP contribution in [-0.4, -0.2) is 21.2 Å². The number of carbonyl (C=O) groups is 2. The van der Waals surface area contributed by atoms with Crippen LogP contribution in [0.1, 0.15) is 57.5 Å². The van der Waals surface area contributed by atoms with Crippen LogP contribution >= 0.6 is 0 Å². The summed E-state index contributed by atoms with van der Waals surface area (Å²) in [6.07, 6.45) is 4.65. The number of hydrogen-bond donors (Lipinski definition) is 1. The molecule has 0 radical (unpaired) electrons. The van der Waals surface area contributed by atoms with Crippen LogP contribution in [0.5, 0.6) is 0 Å². The van der Waals surface area contributed by atoms with Crippen molar-refractivity contribution in [1.29, 1.82) is 0 Å². The monoisotopic (exact) mass is 381 g/mol. The summed E-state index contributed by atoms with van der Waals surface area (Å²) in [5.41, 5.74) is -0.574. The van der Waals surface area contributed by atoms with E-state index in [-0.39, 0.29) is 17.5 Å². The Kier molecular flexibility index (Phi) is 6.02. The minimum Gasteiger partial charge on any atom is -0.306 e. The lowest BCUT2D eigenvalue weighted by atomic mass is 9.90. The number of amides is 1. The Labute approximate surface area is 165 Å². The molecule has 0 aliphatic heterocycles. The molecule has 1 aromatic heterocycles. The molecular formula is C22H27N3O3. The first-order chi connectivity index (χ1) is 12.9. The molecule has 0 spiro atoms. The van der Waals surface area contributed by atoms with Crippen molar-refractivity contribution in [3.05, 3.63) is 64.2 Å². The highest BCUT2D eigenvalue weighted by Gasteiger charge is 2.21. The van der Waals surface area contributed by atoms with Crippen LogP contribution in [0.2, 0.25) is 0 Å². The molecule has 0 saturated carbocycles. The number of nitrogens with zero attached hydrogens (tertiary/aromatic N) is 2. The Morgan fingerprint density at radius 1 is 1.04 bits per heavy atom. The molecule has 1 amide bonds. The van der Waals surface area contributed by atoms with Gasteiger partial charge in [-0.1, -0.05) is 39.0 Å². The Morgan fingerprint density at radius 3 is 2.18 bits per heavy atom. The van der Waals surface area contributed by atoms with Gasteiger partial charge in [-0.25, -0.2) is 4.79 Å². The van der Waals surface area contributed by atoms with E-state index in [0.717, 1.165) is 0 Å². The van der Waals surface area contributed by atoms with E-state index in [1.165, 1.54) is 10.6 Å². The molecule has 2 rings (SSSR count). The highest BCUT2D eigenvalue weighted by atomic mass is 16.2. The Bertz CT molecular complexity index is 959. The molecule has 0 aliphatic rings. The summed E-state index contributed by atoms with van der Waals surface area (Å²) in [6.45, 7) is 11.1. The van der Waals surface area contributed by atoms with E-state index in [0.29, 0.717) is 11.1 Å². The smallest absolute Gasteiger partial charge is 0.306 e. The fraction of sp³-hybridized carbons (Fsp3) is 0.364. The maximum absolute atomic E-state index is 12.5. The largest absolute Gasteiger partial charge is 0.350 e. The van der Waals surface area contributed by atoms with Gasteiger partial charge in [0.2, 0.25) is 0 Å². The normalized spacial score (nSPS) is 12.2. The zero-order valence-corrected chi connectivity index (χ0v) is 17.2. The van der Waals surface area contributed by atoms with Crippen molar-refractivity contribution >= 4 is 23.6 Å². The summed E-state index contributed by atoms with van der Waals surface area (Å²) in [4.78, 5) is 41.3. The number of hydrogen-bond acceptors (Lipinski definition) is 4. The summed E-state index contributed by atoms with van der Waals surface area (Å²) >= 11 is 0. The van der Waals surface area contributed by atoms with E-state index in [1.807, 2.05) is 47.6 Å². The fourth-order valence-corrected chi connectivity index (χ4v) is 2.36. The molecule has 0 bridgehead atoms. The second-order valence-electron chi connectivity index (χ2n) is 8.64. The maximum atomic E-state index is 12.5. The molecule has 1 heterocycles. The average molecular weight is 381 g/mol. The number of nitrogens with one attached hydrogen (secondary N) is 1. The van der Waals surface area contributed by atoms with Crippen LogP contribution in [0.4, 0.5) is 5.82 Å². The molecule has 0 saturated heterocycles. The average Bonchev–Trinajstić information content (AvgIpc) is 2.59. The summed E-state index contributed by atoms with van der Waals surface area (Å²) in [5.74, 6) is -0.323. The van der Waals surface area contributed by atoms with Crippen molar-refractivity contribution < 1.29 is 9.59 Å². The molecule has 148 valence electrons. The van der Waals surface area contributed by atoms with Gasteiger partial charge in [-0.05, 0) is 45.1 Å². The van der Waals surface area contributed by atoms with E-state index in [1.54, 1.807) is 36.5 Å². The van der Waals surface area contributed by atoms with E-state index in [2.05, 4.69) is 10.3 Å². The van der Waals surface area contributed by atoms with Gasteiger partial charge in [-0.3, -0.25) is 14.2 Å². The van der Waals surface area contributed by atoms with Gasteiger partial charge in [-0.15, -0.1) is 0 Å². The van der Waals surface area contributed by atoms with E-state index in [4.69, 9.17) is 0 Å². The van der Waals surface area contributed by atoms with Gasteiger partial charge in [0, 0.05) is 28.3 Å². The van der Waals surface area contributed by atoms with E-state index in [9.17, 15) is 14.4 Å². The zero-order chi connectivity index (χ0) is 21.1. The number of rotatable bonds is 4. The summed E-state index contributed by atoms with van der Waals surface area (Å²) in [5, 5.41) is 2.68. The first-order valence-electron chi connectivity index (χ1n) is 9.13. The molecule has 6 heteroatoms. The first kappa shape index (κ1) is 21.3. The van der Waals surface area contributed by atoms with Gasteiger partial charge in [0.1, 0.15) is 5.82 Å². The van der Waals surface area contributed by atoms with Crippen LogP contribution in [-0.2, 0) is 10.3 Å². The molecule has 6 nitrogen and oxygen atoms in total. The second kappa shape index (κ2) is 7.92. The molecular weight excluding hydrogens is 354 g/mol. The van der Waals surface area contributed by atoms with Gasteiger partial charge in [0.25, 0.3) is 5.91 Å². The standard InChI is InChI=1S/C22H27N3O3/c1-21(2,3)17(26)13-12-16-14-25(22(4,5)6)20(28)24-18(16)23-19(27)15-10-8-7-9-11-15/h7-14H,1-6H3,(H,23,24,27,28)/b13-12+. The molecule has 0 atom stereocenters. The van der Waals surface area contributed by atoms with E-state index >= 15 is 0 Å². The third-order valence-corrected chi connectivity index (χ3v) is 4.10. The number of allylic oxidation sites excluding steroid dienone is 1. The van der Waals surface area contributed by atoms with Crippen molar-refractivity contribution in [1.82, 2.24) is 9.55 Å². The predicted octanol–water partition coefficient (Wildman–Crippen LogP) is 3.88. The van der Waals surface area contributed by atoms with Gasteiger partial charge in [-0.2, -0.15) is 4.98 Å². The first-order valence-corrected chi connectivity index (χ1v) is 9.13. The molecule has 0 fully saturated rings. The maximum Gasteiger partial charge on any atom is 0.350 e. The van der Waals surface area contributed by atoms with Gasteiger partial charge in [0.15, 0.2) is 5.78 Å². The Hall–Kier alpha value is -3.02. The minimum atomic E-state index is -0.532. The van der Waals surface area contributed by atoms with Gasteiger partial charge in [0.05, 0.1) is 0 Å². The molecule has 28 heavy (non-hydrogen) atoms. The molecule has 2 aromatic rings. The zero-order valence-electron chi connectivity index (χ0n) is 17.2. The van der Waals surface area contributed by atoms with Crippen LogP contribution in [0, 0.1) is 5.41 Å².